The number of pyridine rings is 1. The number of rotatable bonds is 5. The quantitative estimate of drug-likeness (QED) is 0.592. The third-order valence-corrected chi connectivity index (χ3v) is 6.41. The van der Waals surface area contributed by atoms with E-state index in [4.69, 9.17) is 0 Å². The number of H-pyrrole nitrogens is 1. The van der Waals surface area contributed by atoms with Crippen molar-refractivity contribution in [1.82, 2.24) is 25.2 Å². The van der Waals surface area contributed by atoms with Crippen LogP contribution < -0.4 is 15.8 Å². The summed E-state index contributed by atoms with van der Waals surface area (Å²) < 4.78 is 41.9. The molecular weight excluding hydrogens is 449 g/mol. The summed E-state index contributed by atoms with van der Waals surface area (Å²) in [5.74, 6) is -4.95. The minimum Gasteiger partial charge on any atom is -0.368 e. The average molecular weight is 472 g/mol. The van der Waals surface area contributed by atoms with Crippen LogP contribution >= 0.6 is 0 Å². The molecule has 2 fully saturated rings. The fraction of sp³-hybridized carbons (Fsp3) is 0.391. The van der Waals surface area contributed by atoms with Crippen LogP contribution in [0.2, 0.25) is 0 Å². The van der Waals surface area contributed by atoms with E-state index in [1.54, 1.807) is 31.4 Å². The summed E-state index contributed by atoms with van der Waals surface area (Å²) in [4.78, 5) is 38.8. The number of aromatic nitrogens is 3. The van der Waals surface area contributed by atoms with Gasteiger partial charge in [-0.2, -0.15) is 0 Å². The Labute approximate surface area is 192 Å². The third kappa shape index (κ3) is 4.11. The highest BCUT2D eigenvalue weighted by molar-refractivity contribution is 5.92. The second kappa shape index (κ2) is 8.39. The van der Waals surface area contributed by atoms with Gasteiger partial charge in [0, 0.05) is 51.8 Å². The fourth-order valence-electron chi connectivity index (χ4n) is 4.29. The number of alkyl halides is 2. The van der Waals surface area contributed by atoms with Gasteiger partial charge < -0.3 is 15.2 Å². The summed E-state index contributed by atoms with van der Waals surface area (Å²) in [7, 11) is 1.55. The second-order valence-corrected chi connectivity index (χ2v) is 8.65. The number of carbonyl (C=O) groups excluding carboxylic acids is 1. The van der Waals surface area contributed by atoms with Gasteiger partial charge in [-0.25, -0.2) is 23.1 Å². The number of anilines is 1. The van der Waals surface area contributed by atoms with E-state index < -0.39 is 29.6 Å². The molecule has 3 aromatic rings. The molecule has 1 aliphatic carbocycles. The van der Waals surface area contributed by atoms with Crippen LogP contribution in [0.4, 0.5) is 18.9 Å². The molecular formula is C23H23F3N6O2. The summed E-state index contributed by atoms with van der Waals surface area (Å²) in [6, 6.07) is 6.68. The molecule has 1 saturated heterocycles. The third-order valence-electron chi connectivity index (χ3n) is 6.41. The zero-order valence-electron chi connectivity index (χ0n) is 18.4. The summed E-state index contributed by atoms with van der Waals surface area (Å²) in [5.41, 5.74) is 0.757. The van der Waals surface area contributed by atoms with Crippen molar-refractivity contribution in [2.75, 3.05) is 38.1 Å². The number of hydrogen-bond acceptors (Lipinski definition) is 6. The Bertz CT molecular complexity index is 1300. The van der Waals surface area contributed by atoms with E-state index in [1.165, 1.54) is 0 Å². The van der Waals surface area contributed by atoms with Crippen LogP contribution in [0.15, 0.2) is 35.3 Å². The molecule has 8 nitrogen and oxygen atoms in total. The molecule has 1 aliphatic heterocycles. The Hall–Kier alpha value is -3.47. The van der Waals surface area contributed by atoms with Crippen molar-refractivity contribution in [3.05, 3.63) is 63.6 Å². The molecule has 11 heteroatoms. The predicted molar refractivity (Wildman–Crippen MR) is 120 cm³/mol. The number of nitrogens with one attached hydrogen (secondary N) is 2. The van der Waals surface area contributed by atoms with E-state index in [-0.39, 0.29) is 22.6 Å². The maximum absolute atomic E-state index is 15.1. The van der Waals surface area contributed by atoms with Crippen molar-refractivity contribution in [3.8, 4) is 0 Å². The molecule has 1 unspecified atom stereocenters. The Kier molecular flexibility index (Phi) is 5.51. The normalized spacial score (nSPS) is 19.9. The summed E-state index contributed by atoms with van der Waals surface area (Å²) in [6.45, 7) is 3.10. The first-order valence-corrected chi connectivity index (χ1v) is 11.0. The maximum atomic E-state index is 15.1. The van der Waals surface area contributed by atoms with E-state index >= 15 is 4.39 Å². The molecule has 2 aromatic heterocycles. The number of benzene rings is 1. The SMILES string of the molecule is CNC(=O)c1ccc(N2CCN(Cc3ccc4nc(C5CC5(F)F)c(=O)[nH]c4c3F)CC2)cn1. The van der Waals surface area contributed by atoms with Crippen LogP contribution in [0.25, 0.3) is 11.0 Å². The first-order valence-electron chi connectivity index (χ1n) is 11.0. The Balaban J connectivity index is 1.26. The lowest BCUT2D eigenvalue weighted by atomic mass is 10.1. The first-order chi connectivity index (χ1) is 16.3. The molecule has 3 heterocycles. The molecule has 2 aliphatic rings. The first kappa shape index (κ1) is 22.3. The van der Waals surface area contributed by atoms with Gasteiger partial charge in [-0.1, -0.05) is 6.07 Å². The van der Waals surface area contributed by atoms with Gasteiger partial charge in [-0.05, 0) is 18.2 Å². The van der Waals surface area contributed by atoms with Crippen molar-refractivity contribution in [2.24, 2.45) is 0 Å². The van der Waals surface area contributed by atoms with Crippen molar-refractivity contribution in [1.29, 1.82) is 0 Å². The van der Waals surface area contributed by atoms with Gasteiger partial charge in [0.2, 0.25) is 0 Å². The largest absolute Gasteiger partial charge is 0.368 e. The molecule has 5 rings (SSSR count). The maximum Gasteiger partial charge on any atom is 0.270 e. The number of piperazine rings is 1. The summed E-state index contributed by atoms with van der Waals surface area (Å²) >= 11 is 0. The lowest BCUT2D eigenvalue weighted by Crippen LogP contribution is -2.46. The predicted octanol–water partition coefficient (Wildman–Crippen LogP) is 2.26. The summed E-state index contributed by atoms with van der Waals surface area (Å²) in [6.07, 6.45) is 1.26. The topological polar surface area (TPSA) is 94.2 Å². The average Bonchev–Trinajstić information content (AvgIpc) is 3.48. The number of amides is 1. The molecule has 0 radical (unpaired) electrons. The molecule has 2 N–H and O–H groups in total. The summed E-state index contributed by atoms with van der Waals surface area (Å²) in [5, 5.41) is 2.54. The molecule has 0 bridgehead atoms. The van der Waals surface area contributed by atoms with Crippen LogP contribution in [-0.4, -0.2) is 64.9 Å². The fourth-order valence-corrected chi connectivity index (χ4v) is 4.29. The van der Waals surface area contributed by atoms with Crippen LogP contribution in [-0.2, 0) is 6.54 Å². The van der Waals surface area contributed by atoms with E-state index in [1.807, 2.05) is 6.07 Å². The molecule has 1 saturated carbocycles. The standard InChI is InChI=1S/C23H23F3N6O2/c1-27-21(33)17-5-3-14(11-28-17)32-8-6-31(7-9-32)12-13-2-4-16-20(18(13)24)30-22(34)19(29-16)15-10-23(15,25)26/h2-5,11,15H,6-10,12H2,1H3,(H,27,33)(H,30,34). The highest BCUT2D eigenvalue weighted by Gasteiger charge is 2.59. The molecule has 1 atom stereocenters. The van der Waals surface area contributed by atoms with Crippen molar-refractivity contribution in [3.63, 3.8) is 0 Å². The van der Waals surface area contributed by atoms with Gasteiger partial charge in [-0.3, -0.25) is 14.5 Å². The van der Waals surface area contributed by atoms with Gasteiger partial charge in [0.25, 0.3) is 17.4 Å². The van der Waals surface area contributed by atoms with Crippen LogP contribution in [0, 0.1) is 5.82 Å². The molecule has 1 amide bonds. The minimum atomic E-state index is -2.92. The number of halogens is 3. The smallest absolute Gasteiger partial charge is 0.270 e. The van der Waals surface area contributed by atoms with Crippen LogP contribution in [0.1, 0.15) is 34.1 Å². The van der Waals surface area contributed by atoms with Gasteiger partial charge in [-0.15, -0.1) is 0 Å². The van der Waals surface area contributed by atoms with E-state index in [9.17, 15) is 18.4 Å². The monoisotopic (exact) mass is 472 g/mol. The van der Waals surface area contributed by atoms with E-state index in [0.717, 1.165) is 5.69 Å². The van der Waals surface area contributed by atoms with Crippen molar-refractivity contribution in [2.45, 2.75) is 24.8 Å². The molecule has 34 heavy (non-hydrogen) atoms. The zero-order chi connectivity index (χ0) is 24.0. The molecule has 0 spiro atoms. The molecule has 1 aromatic carbocycles. The Morgan fingerprint density at radius 3 is 2.56 bits per heavy atom. The Morgan fingerprint density at radius 2 is 1.94 bits per heavy atom. The van der Waals surface area contributed by atoms with Gasteiger partial charge in [0.1, 0.15) is 16.9 Å². The lowest BCUT2D eigenvalue weighted by Gasteiger charge is -2.36. The second-order valence-electron chi connectivity index (χ2n) is 8.65. The van der Waals surface area contributed by atoms with E-state index in [2.05, 4.69) is 30.1 Å². The van der Waals surface area contributed by atoms with Crippen LogP contribution in [0.3, 0.4) is 0 Å². The molecule has 178 valence electrons. The van der Waals surface area contributed by atoms with Gasteiger partial charge in [0.15, 0.2) is 5.82 Å². The Morgan fingerprint density at radius 1 is 1.21 bits per heavy atom. The van der Waals surface area contributed by atoms with Gasteiger partial charge in [0.05, 0.1) is 23.3 Å². The number of nitrogens with zero attached hydrogens (tertiary/aromatic N) is 4. The number of carbonyl (C=O) groups is 1. The van der Waals surface area contributed by atoms with Gasteiger partial charge >= 0.3 is 0 Å². The van der Waals surface area contributed by atoms with Crippen molar-refractivity contribution >= 4 is 22.6 Å². The number of fused-ring (bicyclic) bond motifs is 1. The number of hydrogen-bond donors (Lipinski definition) is 2. The van der Waals surface area contributed by atoms with Crippen LogP contribution in [0.5, 0.6) is 0 Å². The zero-order valence-corrected chi connectivity index (χ0v) is 18.4. The van der Waals surface area contributed by atoms with Crippen molar-refractivity contribution < 1.29 is 18.0 Å². The lowest BCUT2D eigenvalue weighted by molar-refractivity contribution is 0.0958. The highest BCUT2D eigenvalue weighted by atomic mass is 19.3. The number of aromatic amines is 1. The van der Waals surface area contributed by atoms with E-state index in [0.29, 0.717) is 44.0 Å². The highest BCUT2D eigenvalue weighted by Crippen LogP contribution is 2.54. The minimum absolute atomic E-state index is 0.0591.